The predicted molar refractivity (Wildman–Crippen MR) is 103 cm³/mol. The number of pyridine rings is 1. The Morgan fingerprint density at radius 3 is 2.52 bits per heavy atom. The molecule has 3 rings (SSSR count). The van der Waals surface area contributed by atoms with Gasteiger partial charge >= 0.3 is 0 Å². The maximum atomic E-state index is 8.96. The molecular formula is C17H17Cl2N5O3. The molecule has 0 bridgehead atoms. The molecule has 1 atom stereocenters. The van der Waals surface area contributed by atoms with Crippen molar-refractivity contribution in [3.05, 3.63) is 40.0 Å². The minimum Gasteiger partial charge on any atom is -0.489 e. The van der Waals surface area contributed by atoms with E-state index in [4.69, 9.17) is 49.0 Å². The first kappa shape index (κ1) is 19.4. The highest BCUT2D eigenvalue weighted by atomic mass is 35.5. The van der Waals surface area contributed by atoms with E-state index in [9.17, 15) is 0 Å². The summed E-state index contributed by atoms with van der Waals surface area (Å²) in [5.74, 6) is 0.777. The number of nitrogen functional groups attached to an aromatic ring is 1. The number of ether oxygens (including phenoxy) is 1. The normalized spacial score (nSPS) is 12.2. The van der Waals surface area contributed by atoms with Gasteiger partial charge in [0.15, 0.2) is 5.75 Å². The Morgan fingerprint density at radius 2 is 1.89 bits per heavy atom. The summed E-state index contributed by atoms with van der Waals surface area (Å²) in [5.41, 5.74) is 13.7. The van der Waals surface area contributed by atoms with E-state index in [2.05, 4.69) is 15.1 Å². The van der Waals surface area contributed by atoms with Crippen LogP contribution in [0.1, 0.15) is 5.69 Å². The number of nitrogens with two attached hydrogens (primary N) is 2. The first-order chi connectivity index (χ1) is 12.9. The molecule has 0 saturated carbocycles. The van der Waals surface area contributed by atoms with Gasteiger partial charge in [-0.1, -0.05) is 28.4 Å². The molecule has 0 fully saturated rings. The Labute approximate surface area is 165 Å². The lowest BCUT2D eigenvalue weighted by atomic mass is 10.2. The Hall–Kier alpha value is -2.39. The van der Waals surface area contributed by atoms with Crippen LogP contribution in [0.25, 0.3) is 23.0 Å². The van der Waals surface area contributed by atoms with Gasteiger partial charge < -0.3 is 25.8 Å². The van der Waals surface area contributed by atoms with Crippen molar-refractivity contribution in [1.82, 2.24) is 15.1 Å². The van der Waals surface area contributed by atoms with Crippen molar-refractivity contribution < 1.29 is 14.4 Å². The van der Waals surface area contributed by atoms with E-state index in [0.717, 1.165) is 5.69 Å². The quantitative estimate of drug-likeness (QED) is 0.565. The molecule has 0 aliphatic heterocycles. The molecule has 0 radical (unpaired) electrons. The van der Waals surface area contributed by atoms with E-state index < -0.39 is 6.04 Å². The smallest absolute Gasteiger partial charge is 0.276 e. The number of halogens is 2. The van der Waals surface area contributed by atoms with Crippen LogP contribution in [0.15, 0.2) is 28.8 Å². The fraction of sp³-hybridized carbons (Fsp3) is 0.235. The third kappa shape index (κ3) is 4.48. The third-order valence-corrected chi connectivity index (χ3v) is 4.12. The average Bonchev–Trinajstić information content (AvgIpc) is 3.10. The summed E-state index contributed by atoms with van der Waals surface area (Å²) < 4.78 is 10.8. The van der Waals surface area contributed by atoms with Gasteiger partial charge in [0, 0.05) is 16.9 Å². The Balaban J connectivity index is 1.88. The van der Waals surface area contributed by atoms with E-state index in [-0.39, 0.29) is 40.7 Å². The van der Waals surface area contributed by atoms with Crippen LogP contribution in [0.2, 0.25) is 10.0 Å². The number of hydrogen-bond donors (Lipinski definition) is 3. The van der Waals surface area contributed by atoms with E-state index in [0.29, 0.717) is 16.9 Å². The number of aromatic nitrogens is 3. The van der Waals surface area contributed by atoms with Crippen LogP contribution < -0.4 is 16.2 Å². The van der Waals surface area contributed by atoms with E-state index >= 15 is 0 Å². The Morgan fingerprint density at radius 1 is 1.19 bits per heavy atom. The summed E-state index contributed by atoms with van der Waals surface area (Å²) in [6, 6.07) is 6.04. The van der Waals surface area contributed by atoms with E-state index in [1.165, 1.54) is 0 Å². The van der Waals surface area contributed by atoms with Crippen LogP contribution in [0.3, 0.4) is 0 Å². The third-order valence-electron chi connectivity index (χ3n) is 3.55. The van der Waals surface area contributed by atoms with Gasteiger partial charge in [-0.05, 0) is 31.2 Å². The van der Waals surface area contributed by atoms with Crippen LogP contribution >= 0.6 is 23.2 Å². The summed E-state index contributed by atoms with van der Waals surface area (Å²) in [5, 5.41) is 13.4. The molecule has 1 unspecified atom stereocenters. The van der Waals surface area contributed by atoms with Gasteiger partial charge in [-0.25, -0.2) is 4.98 Å². The van der Waals surface area contributed by atoms with Gasteiger partial charge in [0.2, 0.25) is 5.82 Å². The highest BCUT2D eigenvalue weighted by Crippen LogP contribution is 2.37. The van der Waals surface area contributed by atoms with Gasteiger partial charge in [-0.2, -0.15) is 4.98 Å². The van der Waals surface area contributed by atoms with Crippen LogP contribution in [0.4, 0.5) is 5.69 Å². The van der Waals surface area contributed by atoms with Crippen molar-refractivity contribution in [2.24, 2.45) is 5.73 Å². The molecule has 8 nitrogen and oxygen atoms in total. The lowest BCUT2D eigenvalue weighted by Gasteiger charge is -2.13. The van der Waals surface area contributed by atoms with Crippen LogP contribution in [-0.4, -0.2) is 39.5 Å². The zero-order chi connectivity index (χ0) is 19.6. The summed E-state index contributed by atoms with van der Waals surface area (Å²) in [6.07, 6.45) is 0. The topological polar surface area (TPSA) is 133 Å². The molecule has 3 aromatic rings. The second-order valence-electron chi connectivity index (χ2n) is 5.87. The van der Waals surface area contributed by atoms with Crippen LogP contribution in [-0.2, 0) is 0 Å². The predicted octanol–water partition coefficient (Wildman–Crippen LogP) is 2.69. The molecule has 10 heteroatoms. The first-order valence-corrected chi connectivity index (χ1v) is 8.70. The van der Waals surface area contributed by atoms with Gasteiger partial charge in [-0.3, -0.25) is 0 Å². The molecule has 5 N–H and O–H groups in total. The number of aryl methyl sites for hydroxylation is 1. The van der Waals surface area contributed by atoms with Gasteiger partial charge in [0.1, 0.15) is 12.3 Å². The average molecular weight is 410 g/mol. The summed E-state index contributed by atoms with van der Waals surface area (Å²) in [4.78, 5) is 8.65. The van der Waals surface area contributed by atoms with Gasteiger partial charge in [-0.15, -0.1) is 0 Å². The van der Waals surface area contributed by atoms with Crippen molar-refractivity contribution in [3.63, 3.8) is 0 Å². The molecular weight excluding hydrogens is 393 g/mol. The monoisotopic (exact) mass is 409 g/mol. The second kappa shape index (κ2) is 8.10. The Bertz CT molecular complexity index is 920. The molecule has 2 aromatic heterocycles. The standard InChI is InChI=1S/C17H17Cl2N5O3/c1-8-2-10(20)5-14(22-8)17-23-16(24-27-17)9-3-12(18)15(13(19)4-9)26-7-11(21)6-25/h2-5,11,25H,6-7,21H2,1H3,(H2,20,22). The number of rotatable bonds is 6. The maximum absolute atomic E-state index is 8.96. The molecule has 27 heavy (non-hydrogen) atoms. The van der Waals surface area contributed by atoms with E-state index in [1.807, 2.05) is 6.92 Å². The molecule has 0 saturated heterocycles. The molecule has 0 aliphatic carbocycles. The SMILES string of the molecule is Cc1cc(N)cc(-c2nc(-c3cc(Cl)c(OCC(N)CO)c(Cl)c3)no2)n1. The van der Waals surface area contributed by atoms with Crippen molar-refractivity contribution in [2.45, 2.75) is 13.0 Å². The second-order valence-corrected chi connectivity index (χ2v) is 6.69. The van der Waals surface area contributed by atoms with Crippen LogP contribution in [0.5, 0.6) is 5.75 Å². The number of anilines is 1. The number of aliphatic hydroxyl groups is 1. The maximum Gasteiger partial charge on any atom is 0.276 e. The Kier molecular flexibility index (Phi) is 5.81. The number of hydrogen-bond acceptors (Lipinski definition) is 8. The lowest BCUT2D eigenvalue weighted by Crippen LogP contribution is -2.31. The lowest BCUT2D eigenvalue weighted by molar-refractivity contribution is 0.207. The minimum absolute atomic E-state index is 0.0715. The molecule has 1 aromatic carbocycles. The minimum atomic E-state index is -0.536. The number of nitrogens with zero attached hydrogens (tertiary/aromatic N) is 3. The van der Waals surface area contributed by atoms with Crippen molar-refractivity contribution in [2.75, 3.05) is 18.9 Å². The zero-order valence-electron chi connectivity index (χ0n) is 14.3. The molecule has 2 heterocycles. The van der Waals surface area contributed by atoms with Crippen LogP contribution in [0, 0.1) is 6.92 Å². The van der Waals surface area contributed by atoms with Crippen molar-refractivity contribution in [1.29, 1.82) is 0 Å². The zero-order valence-corrected chi connectivity index (χ0v) is 15.8. The summed E-state index contributed by atoms with van der Waals surface area (Å²) in [7, 11) is 0. The largest absolute Gasteiger partial charge is 0.489 e. The van der Waals surface area contributed by atoms with E-state index in [1.54, 1.807) is 24.3 Å². The molecule has 0 aliphatic rings. The van der Waals surface area contributed by atoms with Gasteiger partial charge in [0.05, 0.1) is 22.7 Å². The fourth-order valence-corrected chi connectivity index (χ4v) is 2.92. The fourth-order valence-electron chi connectivity index (χ4n) is 2.32. The highest BCUT2D eigenvalue weighted by molar-refractivity contribution is 6.37. The van der Waals surface area contributed by atoms with Gasteiger partial charge in [0.25, 0.3) is 5.89 Å². The number of benzene rings is 1. The molecule has 142 valence electrons. The van der Waals surface area contributed by atoms with Crippen molar-refractivity contribution in [3.8, 4) is 28.7 Å². The summed E-state index contributed by atoms with van der Waals surface area (Å²) in [6.45, 7) is 1.68. The summed E-state index contributed by atoms with van der Waals surface area (Å²) >= 11 is 12.5. The molecule has 0 amide bonds. The highest BCUT2D eigenvalue weighted by Gasteiger charge is 2.17. The van der Waals surface area contributed by atoms with Crippen molar-refractivity contribution >= 4 is 28.9 Å². The molecule has 0 spiro atoms. The number of aliphatic hydroxyl groups excluding tert-OH is 1. The first-order valence-electron chi connectivity index (χ1n) is 7.94.